The van der Waals surface area contributed by atoms with Gasteiger partial charge in [-0.1, -0.05) is 90.4 Å². The maximum absolute atomic E-state index is 12.9. The first kappa shape index (κ1) is 30.7. The SMILES string of the molecule is CC1(C)CC[C@]2(C(=O)O)CC[C@]3(C)C(=CC[C@@H]4[C@@]5(C)CC[C@H](OC(=O)NCc6ccccc6)C(C)(C)[C@@H]5CC[C@]43C)[C@@H]2C1. The van der Waals surface area contributed by atoms with Crippen LogP contribution in [-0.4, -0.2) is 23.3 Å². The van der Waals surface area contributed by atoms with Crippen LogP contribution >= 0.6 is 0 Å². The molecule has 5 heteroatoms. The molecule has 0 aliphatic heterocycles. The molecule has 5 nitrogen and oxygen atoms in total. The van der Waals surface area contributed by atoms with Gasteiger partial charge >= 0.3 is 12.1 Å². The molecule has 1 aromatic carbocycles. The van der Waals surface area contributed by atoms with Gasteiger partial charge in [0.15, 0.2) is 0 Å². The van der Waals surface area contributed by atoms with E-state index in [0.717, 1.165) is 69.8 Å². The summed E-state index contributed by atoms with van der Waals surface area (Å²) in [5.41, 5.74) is 2.32. The van der Waals surface area contributed by atoms with Gasteiger partial charge in [0.25, 0.3) is 0 Å². The number of nitrogens with one attached hydrogen (secondary N) is 1. The molecular weight excluding hydrogens is 534 g/mol. The van der Waals surface area contributed by atoms with E-state index in [4.69, 9.17) is 4.74 Å². The highest BCUT2D eigenvalue weighted by Gasteiger charge is 2.69. The molecule has 6 rings (SSSR count). The Balaban J connectivity index is 1.25. The van der Waals surface area contributed by atoms with Gasteiger partial charge in [-0.05, 0) is 109 Å². The minimum Gasteiger partial charge on any atom is -0.481 e. The molecule has 8 atom stereocenters. The summed E-state index contributed by atoms with van der Waals surface area (Å²) >= 11 is 0. The summed E-state index contributed by atoms with van der Waals surface area (Å²) in [7, 11) is 0. The summed E-state index contributed by atoms with van der Waals surface area (Å²) in [6, 6.07) is 9.99. The smallest absolute Gasteiger partial charge is 0.407 e. The average Bonchev–Trinajstić information content (AvgIpc) is 2.94. The van der Waals surface area contributed by atoms with Crippen LogP contribution in [0.3, 0.4) is 0 Å². The van der Waals surface area contributed by atoms with E-state index >= 15 is 0 Å². The third-order valence-corrected chi connectivity index (χ3v) is 14.5. The predicted octanol–water partition coefficient (Wildman–Crippen LogP) is 9.17. The van der Waals surface area contributed by atoms with Gasteiger partial charge in [0.2, 0.25) is 0 Å². The first-order valence-electron chi connectivity index (χ1n) is 17.0. The Bertz CT molecular complexity index is 1300. The van der Waals surface area contributed by atoms with Crippen molar-refractivity contribution >= 4 is 12.1 Å². The van der Waals surface area contributed by atoms with E-state index in [9.17, 15) is 14.7 Å². The monoisotopic (exact) mass is 589 g/mol. The van der Waals surface area contributed by atoms with Crippen molar-refractivity contribution < 1.29 is 19.4 Å². The van der Waals surface area contributed by atoms with Crippen LogP contribution in [0.4, 0.5) is 4.79 Å². The maximum atomic E-state index is 12.9. The number of aliphatic carboxylic acids is 1. The second-order valence-corrected chi connectivity index (χ2v) is 17.3. The summed E-state index contributed by atoms with van der Waals surface area (Å²) in [4.78, 5) is 25.9. The normalized spacial score (nSPS) is 42.6. The number of fused-ring (bicyclic) bond motifs is 7. The highest BCUT2D eigenvalue weighted by molar-refractivity contribution is 5.76. The number of amides is 1. The zero-order chi connectivity index (χ0) is 31.1. The summed E-state index contributed by atoms with van der Waals surface area (Å²) < 4.78 is 6.18. The van der Waals surface area contributed by atoms with Crippen LogP contribution < -0.4 is 5.32 Å². The number of carbonyl (C=O) groups excluding carboxylic acids is 1. The van der Waals surface area contributed by atoms with Crippen molar-refractivity contribution in [2.45, 2.75) is 125 Å². The number of carbonyl (C=O) groups is 2. The van der Waals surface area contributed by atoms with Crippen LogP contribution in [0.25, 0.3) is 0 Å². The van der Waals surface area contributed by atoms with Gasteiger partial charge in [-0.15, -0.1) is 0 Å². The molecule has 5 aliphatic carbocycles. The minimum atomic E-state index is -0.594. The Kier molecular flexibility index (Phi) is 7.22. The molecule has 236 valence electrons. The van der Waals surface area contributed by atoms with Crippen molar-refractivity contribution in [3.05, 3.63) is 47.5 Å². The van der Waals surface area contributed by atoms with Crippen LogP contribution in [0.15, 0.2) is 42.0 Å². The Morgan fingerprint density at radius 1 is 0.884 bits per heavy atom. The van der Waals surface area contributed by atoms with E-state index in [1.165, 1.54) is 5.57 Å². The number of hydrogen-bond donors (Lipinski definition) is 2. The summed E-state index contributed by atoms with van der Waals surface area (Å²) in [5, 5.41) is 13.6. The minimum absolute atomic E-state index is 0.0236. The molecule has 0 aromatic heterocycles. The van der Waals surface area contributed by atoms with E-state index in [1.54, 1.807) is 0 Å². The topological polar surface area (TPSA) is 75.6 Å². The highest BCUT2D eigenvalue weighted by atomic mass is 16.6. The molecule has 0 spiro atoms. The zero-order valence-electron chi connectivity index (χ0n) is 27.7. The van der Waals surface area contributed by atoms with E-state index in [-0.39, 0.29) is 45.2 Å². The largest absolute Gasteiger partial charge is 0.481 e. The molecule has 0 unspecified atom stereocenters. The molecule has 5 aliphatic rings. The first-order chi connectivity index (χ1) is 20.1. The fourth-order valence-corrected chi connectivity index (χ4v) is 11.8. The van der Waals surface area contributed by atoms with Crippen LogP contribution in [0, 0.1) is 50.2 Å². The van der Waals surface area contributed by atoms with Crippen molar-refractivity contribution in [3.63, 3.8) is 0 Å². The van der Waals surface area contributed by atoms with Crippen molar-refractivity contribution in [3.8, 4) is 0 Å². The van der Waals surface area contributed by atoms with Gasteiger partial charge in [0.05, 0.1) is 5.41 Å². The number of allylic oxidation sites excluding steroid dienone is 2. The Morgan fingerprint density at radius 2 is 1.58 bits per heavy atom. The molecule has 0 radical (unpaired) electrons. The van der Waals surface area contributed by atoms with Gasteiger partial charge < -0.3 is 15.2 Å². The van der Waals surface area contributed by atoms with Gasteiger partial charge in [-0.25, -0.2) is 4.79 Å². The molecule has 0 heterocycles. The molecular formula is C38H55NO4. The molecule has 4 fully saturated rings. The lowest BCUT2D eigenvalue weighted by molar-refractivity contribution is -0.205. The Hall–Kier alpha value is -2.30. The van der Waals surface area contributed by atoms with Gasteiger partial charge in [-0.3, -0.25) is 4.79 Å². The number of alkyl carbamates (subject to hydrolysis) is 1. The number of carboxylic acid groups (broad SMARTS) is 1. The van der Waals surface area contributed by atoms with E-state index in [2.05, 4.69) is 59.9 Å². The highest BCUT2D eigenvalue weighted by Crippen LogP contribution is 2.75. The number of rotatable bonds is 4. The summed E-state index contributed by atoms with van der Waals surface area (Å²) in [6.45, 7) is 17.5. The van der Waals surface area contributed by atoms with Crippen molar-refractivity contribution in [1.82, 2.24) is 5.32 Å². The lowest BCUT2D eigenvalue weighted by atomic mass is 9.33. The number of hydrogen-bond acceptors (Lipinski definition) is 3. The van der Waals surface area contributed by atoms with Crippen LogP contribution in [0.2, 0.25) is 0 Å². The fraction of sp³-hybridized carbons (Fsp3) is 0.737. The van der Waals surface area contributed by atoms with Crippen molar-refractivity contribution in [2.75, 3.05) is 0 Å². The van der Waals surface area contributed by atoms with Gasteiger partial charge in [-0.2, -0.15) is 0 Å². The fourth-order valence-electron chi connectivity index (χ4n) is 11.8. The number of carboxylic acids is 1. The van der Waals surface area contributed by atoms with Crippen molar-refractivity contribution in [2.24, 2.45) is 50.2 Å². The Morgan fingerprint density at radius 3 is 2.28 bits per heavy atom. The molecule has 0 bridgehead atoms. The quantitative estimate of drug-likeness (QED) is 0.343. The molecule has 1 aromatic rings. The van der Waals surface area contributed by atoms with Crippen LogP contribution in [0.1, 0.15) is 118 Å². The second kappa shape index (κ2) is 10.1. The van der Waals surface area contributed by atoms with Gasteiger partial charge in [0, 0.05) is 12.0 Å². The van der Waals surface area contributed by atoms with Crippen LogP contribution in [-0.2, 0) is 16.1 Å². The average molecular weight is 590 g/mol. The molecule has 4 saturated carbocycles. The summed E-state index contributed by atoms with van der Waals surface area (Å²) in [5.74, 6) is 0.582. The molecule has 43 heavy (non-hydrogen) atoms. The lowest BCUT2D eigenvalue weighted by Gasteiger charge is -2.71. The van der Waals surface area contributed by atoms with Crippen LogP contribution in [0.5, 0.6) is 0 Å². The number of ether oxygens (including phenoxy) is 1. The van der Waals surface area contributed by atoms with Crippen molar-refractivity contribution in [1.29, 1.82) is 0 Å². The van der Waals surface area contributed by atoms with E-state index in [1.807, 2.05) is 30.3 Å². The lowest BCUT2D eigenvalue weighted by Crippen LogP contribution is -2.65. The second-order valence-electron chi connectivity index (χ2n) is 17.3. The number of benzene rings is 1. The zero-order valence-corrected chi connectivity index (χ0v) is 27.7. The maximum Gasteiger partial charge on any atom is 0.407 e. The molecule has 2 N–H and O–H groups in total. The first-order valence-corrected chi connectivity index (χ1v) is 17.0. The standard InChI is InChI=1S/C38H55NO4/c1-33(2)19-21-38(31(40)41)22-20-36(6)26(27(38)23-33)13-14-29-35(5)17-16-30(34(3,4)28(35)15-18-37(29,36)7)43-32(42)39-24-25-11-9-8-10-12-25/h8-13,27-30H,14-24H2,1-7H3,(H,39,42)(H,40,41)/t27-,28-,29+,30-,35-,36+,37+,38-/m0/s1. The summed E-state index contributed by atoms with van der Waals surface area (Å²) in [6.07, 6.45) is 12.0. The molecule has 0 saturated heterocycles. The third kappa shape index (κ3) is 4.52. The van der Waals surface area contributed by atoms with E-state index in [0.29, 0.717) is 18.4 Å². The van der Waals surface area contributed by atoms with E-state index < -0.39 is 11.4 Å². The predicted molar refractivity (Wildman–Crippen MR) is 170 cm³/mol. The Labute approximate surface area is 259 Å². The van der Waals surface area contributed by atoms with Gasteiger partial charge in [0.1, 0.15) is 6.10 Å². The molecule has 1 amide bonds. The third-order valence-electron chi connectivity index (χ3n) is 14.5.